The van der Waals surface area contributed by atoms with E-state index in [0.717, 1.165) is 24.1 Å². The van der Waals surface area contributed by atoms with Crippen molar-refractivity contribution in [2.45, 2.75) is 25.4 Å². The first-order valence-electron chi connectivity index (χ1n) is 9.56. The number of fused-ring (bicyclic) bond motifs is 1. The Kier molecular flexibility index (Phi) is 5.02. The lowest BCUT2D eigenvalue weighted by Crippen LogP contribution is -2.34. The summed E-state index contributed by atoms with van der Waals surface area (Å²) in [7, 11) is 3.84. The Morgan fingerprint density at radius 2 is 2.04 bits per heavy atom. The van der Waals surface area contributed by atoms with Crippen LogP contribution in [0.1, 0.15) is 29.2 Å². The van der Waals surface area contributed by atoms with E-state index in [-0.39, 0.29) is 24.3 Å². The zero-order valence-corrected chi connectivity index (χ0v) is 16.9. The van der Waals surface area contributed by atoms with Crippen molar-refractivity contribution >= 4 is 29.1 Å². The molecule has 2 aliphatic rings. The van der Waals surface area contributed by atoms with Crippen molar-refractivity contribution in [3.8, 4) is 0 Å². The van der Waals surface area contributed by atoms with Crippen molar-refractivity contribution in [3.63, 3.8) is 0 Å². The van der Waals surface area contributed by atoms with Crippen molar-refractivity contribution in [1.82, 2.24) is 10.2 Å². The molecule has 0 radical (unpaired) electrons. The van der Waals surface area contributed by atoms with E-state index in [4.69, 9.17) is 11.6 Å². The monoisotopic (exact) mass is 397 g/mol. The van der Waals surface area contributed by atoms with Gasteiger partial charge in [0.2, 0.25) is 11.8 Å². The minimum Gasteiger partial charge on any atom is -0.374 e. The first-order chi connectivity index (χ1) is 13.4. The maximum Gasteiger partial charge on any atom is 0.226 e. The molecule has 0 aromatic heterocycles. The van der Waals surface area contributed by atoms with Crippen molar-refractivity contribution in [2.24, 2.45) is 5.92 Å². The zero-order valence-electron chi connectivity index (χ0n) is 16.1. The zero-order chi connectivity index (χ0) is 19.8. The highest BCUT2D eigenvalue weighted by molar-refractivity contribution is 6.30. The van der Waals surface area contributed by atoms with Gasteiger partial charge >= 0.3 is 0 Å². The summed E-state index contributed by atoms with van der Waals surface area (Å²) >= 11 is 6.13. The first kappa shape index (κ1) is 18.8. The van der Waals surface area contributed by atoms with Crippen LogP contribution in [0.5, 0.6) is 0 Å². The number of nitrogens with zero attached hydrogens (tertiary/aromatic N) is 2. The van der Waals surface area contributed by atoms with Gasteiger partial charge in [-0.2, -0.15) is 0 Å². The molecule has 0 spiro atoms. The second-order valence-electron chi connectivity index (χ2n) is 7.67. The number of anilines is 1. The summed E-state index contributed by atoms with van der Waals surface area (Å²) in [4.78, 5) is 29.1. The van der Waals surface area contributed by atoms with Crippen molar-refractivity contribution in [3.05, 3.63) is 64.2 Å². The van der Waals surface area contributed by atoms with Gasteiger partial charge in [-0.1, -0.05) is 35.9 Å². The van der Waals surface area contributed by atoms with E-state index in [0.29, 0.717) is 11.6 Å². The van der Waals surface area contributed by atoms with Gasteiger partial charge in [0.1, 0.15) is 0 Å². The van der Waals surface area contributed by atoms with Crippen LogP contribution in [0.15, 0.2) is 42.5 Å². The van der Waals surface area contributed by atoms with Gasteiger partial charge < -0.3 is 15.1 Å². The summed E-state index contributed by atoms with van der Waals surface area (Å²) in [6.07, 6.45) is 1.25. The number of hydrogen-bond donors (Lipinski definition) is 1. The highest BCUT2D eigenvalue weighted by atomic mass is 35.5. The molecule has 2 heterocycles. The third-order valence-electron chi connectivity index (χ3n) is 5.85. The van der Waals surface area contributed by atoms with Gasteiger partial charge in [0, 0.05) is 44.3 Å². The molecule has 0 bridgehead atoms. The summed E-state index contributed by atoms with van der Waals surface area (Å²) in [5.74, 6) is -0.539. The number of halogens is 1. The van der Waals surface area contributed by atoms with E-state index < -0.39 is 5.92 Å². The molecule has 0 aliphatic carbocycles. The van der Waals surface area contributed by atoms with E-state index in [2.05, 4.69) is 35.5 Å². The van der Waals surface area contributed by atoms with Crippen LogP contribution in [0.4, 0.5) is 5.69 Å². The van der Waals surface area contributed by atoms with E-state index >= 15 is 0 Å². The van der Waals surface area contributed by atoms with Crippen LogP contribution in [0.3, 0.4) is 0 Å². The number of benzene rings is 2. The third-order valence-corrected chi connectivity index (χ3v) is 6.09. The SMILES string of the molecule is CN1CCc2cc(CNC(=O)[C@H]3CC(=O)N(C)[C@H]3c3cccc(Cl)c3)ccc21. The van der Waals surface area contributed by atoms with E-state index in [1.54, 1.807) is 18.0 Å². The maximum atomic E-state index is 12.9. The summed E-state index contributed by atoms with van der Waals surface area (Å²) in [6, 6.07) is 13.4. The highest BCUT2D eigenvalue weighted by Gasteiger charge is 2.42. The van der Waals surface area contributed by atoms with Crippen molar-refractivity contribution in [2.75, 3.05) is 25.5 Å². The molecule has 4 rings (SSSR count). The molecule has 1 saturated heterocycles. The van der Waals surface area contributed by atoms with Gasteiger partial charge in [0.25, 0.3) is 0 Å². The van der Waals surface area contributed by atoms with Crippen LogP contribution in [-0.2, 0) is 22.6 Å². The Morgan fingerprint density at radius 1 is 1.21 bits per heavy atom. The molecular formula is C22H24ClN3O2. The highest BCUT2D eigenvalue weighted by Crippen LogP contribution is 2.38. The number of rotatable bonds is 4. The lowest BCUT2D eigenvalue weighted by atomic mass is 9.93. The largest absolute Gasteiger partial charge is 0.374 e. The van der Waals surface area contributed by atoms with E-state index in [9.17, 15) is 9.59 Å². The Labute approximate surface area is 170 Å². The van der Waals surface area contributed by atoms with E-state index in [1.807, 2.05) is 18.2 Å². The van der Waals surface area contributed by atoms with Crippen LogP contribution in [0, 0.1) is 5.92 Å². The minimum absolute atomic E-state index is 0.0225. The molecule has 2 aromatic carbocycles. The fourth-order valence-electron chi connectivity index (χ4n) is 4.30. The predicted octanol–water partition coefficient (Wildman–Crippen LogP) is 3.17. The van der Waals surface area contributed by atoms with Crippen LogP contribution >= 0.6 is 11.6 Å². The normalized spacial score (nSPS) is 21.2. The lowest BCUT2D eigenvalue weighted by Gasteiger charge is -2.25. The first-order valence-corrected chi connectivity index (χ1v) is 9.93. The van der Waals surface area contributed by atoms with Gasteiger partial charge in [0.15, 0.2) is 0 Å². The Morgan fingerprint density at radius 3 is 2.82 bits per heavy atom. The van der Waals surface area contributed by atoms with Crippen LogP contribution < -0.4 is 10.2 Å². The topological polar surface area (TPSA) is 52.7 Å². The summed E-state index contributed by atoms with van der Waals surface area (Å²) in [6.45, 7) is 1.50. The maximum absolute atomic E-state index is 12.9. The number of hydrogen-bond acceptors (Lipinski definition) is 3. The molecule has 146 valence electrons. The molecule has 6 heteroatoms. The average molecular weight is 398 g/mol. The van der Waals surface area contributed by atoms with Crippen LogP contribution in [-0.4, -0.2) is 37.4 Å². The van der Waals surface area contributed by atoms with Gasteiger partial charge in [-0.05, 0) is 41.3 Å². The number of likely N-dealkylation sites (N-methyl/N-ethyl adjacent to an activating group) is 1. The summed E-state index contributed by atoms with van der Waals surface area (Å²) < 4.78 is 0. The van der Waals surface area contributed by atoms with Crippen molar-refractivity contribution < 1.29 is 9.59 Å². The van der Waals surface area contributed by atoms with Gasteiger partial charge in [0.05, 0.1) is 12.0 Å². The third kappa shape index (κ3) is 3.47. The van der Waals surface area contributed by atoms with E-state index in [1.165, 1.54) is 11.3 Å². The number of carbonyl (C=O) groups excluding carboxylic acids is 2. The van der Waals surface area contributed by atoms with Gasteiger partial charge in [-0.3, -0.25) is 9.59 Å². The standard InChI is InChI=1S/C22H24ClN3O2/c1-25-9-8-15-10-14(6-7-19(15)25)13-24-22(28)18-12-20(27)26(2)21(18)16-4-3-5-17(23)11-16/h3-7,10-11,18,21H,8-9,12-13H2,1-2H3,(H,24,28)/t18-,21-/m0/s1. The van der Waals surface area contributed by atoms with Gasteiger partial charge in [-0.15, -0.1) is 0 Å². The fraction of sp³-hybridized carbons (Fsp3) is 0.364. The molecule has 5 nitrogen and oxygen atoms in total. The number of nitrogens with one attached hydrogen (secondary N) is 1. The molecule has 2 aliphatic heterocycles. The summed E-state index contributed by atoms with van der Waals surface area (Å²) in [5, 5.41) is 3.64. The Bertz CT molecular complexity index is 930. The molecule has 0 unspecified atom stereocenters. The predicted molar refractivity (Wildman–Crippen MR) is 110 cm³/mol. The Hall–Kier alpha value is -2.53. The van der Waals surface area contributed by atoms with Crippen LogP contribution in [0.25, 0.3) is 0 Å². The molecule has 2 atom stereocenters. The number of likely N-dealkylation sites (tertiary alicyclic amines) is 1. The average Bonchev–Trinajstić information content (AvgIpc) is 3.19. The van der Waals surface area contributed by atoms with Crippen LogP contribution in [0.2, 0.25) is 5.02 Å². The molecular weight excluding hydrogens is 374 g/mol. The number of carbonyl (C=O) groups is 2. The molecule has 28 heavy (non-hydrogen) atoms. The molecule has 1 N–H and O–H groups in total. The Balaban J connectivity index is 1.48. The number of amides is 2. The smallest absolute Gasteiger partial charge is 0.226 e. The summed E-state index contributed by atoms with van der Waals surface area (Å²) in [5.41, 5.74) is 4.56. The van der Waals surface area contributed by atoms with Gasteiger partial charge in [-0.25, -0.2) is 0 Å². The molecule has 1 fully saturated rings. The lowest BCUT2D eigenvalue weighted by molar-refractivity contribution is -0.128. The minimum atomic E-state index is -0.420. The second-order valence-corrected chi connectivity index (χ2v) is 8.10. The molecule has 2 amide bonds. The molecule has 2 aromatic rings. The molecule has 0 saturated carbocycles. The van der Waals surface area contributed by atoms with Crippen molar-refractivity contribution in [1.29, 1.82) is 0 Å². The second kappa shape index (κ2) is 7.47. The quantitative estimate of drug-likeness (QED) is 0.862. The fourth-order valence-corrected chi connectivity index (χ4v) is 4.50.